The quantitative estimate of drug-likeness (QED) is 0.904. The van der Waals surface area contributed by atoms with Crippen molar-refractivity contribution in [1.82, 2.24) is 9.97 Å². The van der Waals surface area contributed by atoms with Gasteiger partial charge in [0.25, 0.3) is 0 Å². The highest BCUT2D eigenvalue weighted by atomic mass is 16.4. The second-order valence-electron chi connectivity index (χ2n) is 4.87. The zero-order valence-corrected chi connectivity index (χ0v) is 11.0. The van der Waals surface area contributed by atoms with Gasteiger partial charge in [-0.2, -0.15) is 0 Å². The molecule has 0 aliphatic carbocycles. The van der Waals surface area contributed by atoms with Crippen LogP contribution in [0, 0.1) is 0 Å². The van der Waals surface area contributed by atoms with Crippen LogP contribution in [0.15, 0.2) is 36.7 Å². The summed E-state index contributed by atoms with van der Waals surface area (Å²) in [5.41, 5.74) is 2.78. The maximum absolute atomic E-state index is 10.8. The first kappa shape index (κ1) is 12.6. The Morgan fingerprint density at radius 2 is 1.85 bits per heavy atom. The van der Waals surface area contributed by atoms with Crippen LogP contribution < -0.4 is 4.90 Å². The number of fused-ring (bicyclic) bond motifs is 1. The molecule has 0 saturated heterocycles. The lowest BCUT2D eigenvalue weighted by atomic mass is 10.0. The molecule has 1 aromatic carbocycles. The number of aromatic nitrogens is 2. The molecule has 5 nitrogen and oxygen atoms in total. The second-order valence-corrected chi connectivity index (χ2v) is 4.87. The molecule has 1 aromatic heterocycles. The predicted molar refractivity (Wildman–Crippen MR) is 74.8 cm³/mol. The summed E-state index contributed by atoms with van der Waals surface area (Å²) in [6.07, 6.45) is 4.82. The van der Waals surface area contributed by atoms with Crippen molar-refractivity contribution >= 4 is 11.9 Å². The van der Waals surface area contributed by atoms with E-state index in [-0.39, 0.29) is 5.56 Å². The highest BCUT2D eigenvalue weighted by Gasteiger charge is 2.16. The molecule has 2 heterocycles. The molecule has 0 radical (unpaired) electrons. The van der Waals surface area contributed by atoms with Crippen molar-refractivity contribution in [3.8, 4) is 0 Å². The molecule has 20 heavy (non-hydrogen) atoms. The maximum atomic E-state index is 10.8. The minimum Gasteiger partial charge on any atom is -0.478 e. The summed E-state index contributed by atoms with van der Waals surface area (Å²) >= 11 is 0. The third-order valence-electron chi connectivity index (χ3n) is 3.52. The van der Waals surface area contributed by atoms with Crippen molar-refractivity contribution in [2.45, 2.75) is 19.4 Å². The van der Waals surface area contributed by atoms with E-state index in [0.717, 1.165) is 25.9 Å². The summed E-state index contributed by atoms with van der Waals surface area (Å²) in [4.78, 5) is 21.3. The number of carboxylic acids is 1. The van der Waals surface area contributed by atoms with E-state index in [0.29, 0.717) is 5.95 Å². The Morgan fingerprint density at radius 1 is 1.15 bits per heavy atom. The van der Waals surface area contributed by atoms with Gasteiger partial charge in [-0.3, -0.25) is 0 Å². The normalized spacial score (nSPS) is 14.5. The van der Waals surface area contributed by atoms with Crippen LogP contribution in [0.25, 0.3) is 0 Å². The van der Waals surface area contributed by atoms with Gasteiger partial charge in [0.2, 0.25) is 5.95 Å². The topological polar surface area (TPSA) is 66.3 Å². The van der Waals surface area contributed by atoms with Crippen molar-refractivity contribution < 1.29 is 9.90 Å². The molecule has 1 aliphatic heterocycles. The molecule has 1 aliphatic rings. The van der Waals surface area contributed by atoms with Gasteiger partial charge in [0.15, 0.2) is 0 Å². The van der Waals surface area contributed by atoms with Crippen LogP contribution in [0.3, 0.4) is 0 Å². The number of nitrogens with zero attached hydrogens (tertiary/aromatic N) is 3. The Kier molecular flexibility index (Phi) is 3.33. The monoisotopic (exact) mass is 269 g/mol. The molecule has 0 amide bonds. The number of hydrogen-bond acceptors (Lipinski definition) is 4. The Morgan fingerprint density at radius 3 is 2.55 bits per heavy atom. The first-order valence-corrected chi connectivity index (χ1v) is 6.61. The average Bonchev–Trinajstić information content (AvgIpc) is 2.69. The zero-order valence-electron chi connectivity index (χ0n) is 11.0. The summed E-state index contributed by atoms with van der Waals surface area (Å²) in [6.45, 7) is 1.64. The summed E-state index contributed by atoms with van der Waals surface area (Å²) in [5, 5.41) is 8.87. The number of carbonyl (C=O) groups is 1. The minimum atomic E-state index is -1.00. The van der Waals surface area contributed by atoms with Gasteiger partial charge in [0, 0.05) is 25.5 Å². The highest BCUT2D eigenvalue weighted by Crippen LogP contribution is 2.21. The van der Waals surface area contributed by atoms with Crippen LogP contribution in [0.2, 0.25) is 0 Å². The average molecular weight is 269 g/mol. The number of aromatic carboxylic acids is 1. The van der Waals surface area contributed by atoms with Crippen LogP contribution in [0.5, 0.6) is 0 Å². The van der Waals surface area contributed by atoms with E-state index in [2.05, 4.69) is 33.1 Å². The first-order valence-electron chi connectivity index (χ1n) is 6.61. The molecule has 5 heteroatoms. The molecule has 0 fully saturated rings. The van der Waals surface area contributed by atoms with Gasteiger partial charge in [-0.15, -0.1) is 0 Å². The molecule has 3 rings (SSSR count). The number of aryl methyl sites for hydroxylation is 1. The molecular formula is C15H15N3O2. The fraction of sp³-hybridized carbons (Fsp3) is 0.267. The molecule has 102 valence electrons. The Hall–Kier alpha value is -2.43. The van der Waals surface area contributed by atoms with Crippen molar-refractivity contribution in [1.29, 1.82) is 0 Å². The zero-order chi connectivity index (χ0) is 13.9. The van der Waals surface area contributed by atoms with Gasteiger partial charge >= 0.3 is 5.97 Å². The second kappa shape index (κ2) is 5.28. The minimum absolute atomic E-state index is 0.115. The van der Waals surface area contributed by atoms with Crippen LogP contribution in [-0.2, 0) is 13.0 Å². The fourth-order valence-electron chi connectivity index (χ4n) is 2.47. The largest absolute Gasteiger partial charge is 0.478 e. The Labute approximate surface area is 116 Å². The number of benzene rings is 1. The van der Waals surface area contributed by atoms with Gasteiger partial charge in [-0.1, -0.05) is 24.3 Å². The van der Waals surface area contributed by atoms with Crippen LogP contribution in [-0.4, -0.2) is 27.6 Å². The maximum Gasteiger partial charge on any atom is 0.338 e. The van der Waals surface area contributed by atoms with Crippen molar-refractivity contribution in [3.63, 3.8) is 0 Å². The van der Waals surface area contributed by atoms with E-state index in [4.69, 9.17) is 5.11 Å². The summed E-state index contributed by atoms with van der Waals surface area (Å²) in [6, 6.07) is 8.38. The van der Waals surface area contributed by atoms with E-state index in [1.807, 2.05) is 6.07 Å². The van der Waals surface area contributed by atoms with Crippen molar-refractivity contribution in [2.75, 3.05) is 11.4 Å². The Bertz CT molecular complexity index is 625. The standard InChI is InChI=1S/C15H15N3O2/c19-14(20)13-8-16-15(17-9-13)18-7-3-6-11-4-1-2-5-12(11)10-18/h1-2,4-5,8-9H,3,6-7,10H2,(H,19,20). The van der Waals surface area contributed by atoms with Gasteiger partial charge in [0.05, 0.1) is 5.56 Å². The molecule has 0 spiro atoms. The summed E-state index contributed by atoms with van der Waals surface area (Å²) in [7, 11) is 0. The first-order chi connectivity index (χ1) is 9.74. The third-order valence-corrected chi connectivity index (χ3v) is 3.52. The lowest BCUT2D eigenvalue weighted by molar-refractivity contribution is 0.0696. The summed E-state index contributed by atoms with van der Waals surface area (Å²) in [5.74, 6) is -0.413. The van der Waals surface area contributed by atoms with Crippen molar-refractivity contribution in [2.24, 2.45) is 0 Å². The number of rotatable bonds is 2. The third kappa shape index (κ3) is 2.47. The molecule has 0 atom stereocenters. The molecule has 0 bridgehead atoms. The Balaban J connectivity index is 1.85. The van der Waals surface area contributed by atoms with Crippen LogP contribution in [0.4, 0.5) is 5.95 Å². The summed E-state index contributed by atoms with van der Waals surface area (Å²) < 4.78 is 0. The van der Waals surface area contributed by atoms with E-state index in [1.54, 1.807) is 0 Å². The van der Waals surface area contributed by atoms with Gasteiger partial charge in [-0.25, -0.2) is 14.8 Å². The van der Waals surface area contributed by atoms with Gasteiger partial charge < -0.3 is 10.0 Å². The molecule has 1 N–H and O–H groups in total. The lowest BCUT2D eigenvalue weighted by Gasteiger charge is -2.20. The van der Waals surface area contributed by atoms with E-state index in [1.165, 1.54) is 23.5 Å². The van der Waals surface area contributed by atoms with Gasteiger partial charge in [0.1, 0.15) is 0 Å². The van der Waals surface area contributed by atoms with E-state index in [9.17, 15) is 4.79 Å². The molecule has 2 aromatic rings. The number of carboxylic acid groups (broad SMARTS) is 1. The predicted octanol–water partition coefficient (Wildman–Crippen LogP) is 2.13. The number of hydrogen-bond donors (Lipinski definition) is 1. The molecule has 0 saturated carbocycles. The van der Waals surface area contributed by atoms with Crippen LogP contribution >= 0.6 is 0 Å². The van der Waals surface area contributed by atoms with Gasteiger partial charge in [-0.05, 0) is 24.0 Å². The lowest BCUT2D eigenvalue weighted by Crippen LogP contribution is -2.24. The fourth-order valence-corrected chi connectivity index (χ4v) is 2.47. The highest BCUT2D eigenvalue weighted by molar-refractivity contribution is 5.86. The molecule has 0 unspecified atom stereocenters. The SMILES string of the molecule is O=C(O)c1cnc(N2CCCc3ccccc3C2)nc1. The van der Waals surface area contributed by atoms with E-state index < -0.39 is 5.97 Å². The molecular weight excluding hydrogens is 254 g/mol. The van der Waals surface area contributed by atoms with Crippen LogP contribution in [0.1, 0.15) is 27.9 Å². The number of anilines is 1. The van der Waals surface area contributed by atoms with E-state index >= 15 is 0 Å². The van der Waals surface area contributed by atoms with Crippen molar-refractivity contribution in [3.05, 3.63) is 53.3 Å². The smallest absolute Gasteiger partial charge is 0.338 e.